The predicted octanol–water partition coefficient (Wildman–Crippen LogP) is 7.15. The Morgan fingerprint density at radius 2 is 1.38 bits per heavy atom. The Kier molecular flexibility index (Phi) is 11.7. The summed E-state index contributed by atoms with van der Waals surface area (Å²) in [5.41, 5.74) is 5.06. The van der Waals surface area contributed by atoms with E-state index in [4.69, 9.17) is 0 Å². The van der Waals surface area contributed by atoms with Gasteiger partial charge in [0, 0.05) is 19.0 Å². The van der Waals surface area contributed by atoms with Crippen molar-refractivity contribution in [2.75, 3.05) is 10.8 Å². The third-order valence-electron chi connectivity index (χ3n) is 9.23. The van der Waals surface area contributed by atoms with Gasteiger partial charge >= 0.3 is 0 Å². The van der Waals surface area contributed by atoms with Gasteiger partial charge in [-0.1, -0.05) is 122 Å². The maximum absolute atomic E-state index is 14.8. The molecule has 1 aliphatic rings. The number of benzene rings is 4. The van der Waals surface area contributed by atoms with Crippen LogP contribution in [0.4, 0.5) is 5.69 Å². The van der Waals surface area contributed by atoms with E-state index in [-0.39, 0.29) is 23.4 Å². The topological polar surface area (TPSA) is 86.8 Å². The quantitative estimate of drug-likeness (QED) is 0.164. The first-order valence-corrected chi connectivity index (χ1v) is 18.5. The van der Waals surface area contributed by atoms with Crippen LogP contribution in [-0.2, 0) is 39.0 Å². The monoisotopic (exact) mass is 665 g/mol. The zero-order valence-electron chi connectivity index (χ0n) is 28.3. The molecule has 8 heteroatoms. The molecular formula is C40H47N3O4S. The average molecular weight is 666 g/mol. The Labute approximate surface area is 286 Å². The van der Waals surface area contributed by atoms with E-state index in [1.165, 1.54) is 4.31 Å². The number of rotatable bonds is 13. The van der Waals surface area contributed by atoms with Crippen molar-refractivity contribution in [3.8, 4) is 0 Å². The highest BCUT2D eigenvalue weighted by Gasteiger charge is 2.36. The fourth-order valence-corrected chi connectivity index (χ4v) is 7.84. The molecule has 0 heterocycles. The molecule has 0 bridgehead atoms. The number of nitrogens with zero attached hydrogens (tertiary/aromatic N) is 2. The molecule has 0 saturated heterocycles. The van der Waals surface area contributed by atoms with Gasteiger partial charge in [0.25, 0.3) is 10.0 Å². The van der Waals surface area contributed by atoms with Crippen LogP contribution in [0.3, 0.4) is 0 Å². The molecule has 1 aliphatic carbocycles. The Bertz CT molecular complexity index is 1770. The van der Waals surface area contributed by atoms with Gasteiger partial charge in [-0.25, -0.2) is 8.42 Å². The number of hydrogen-bond donors (Lipinski definition) is 1. The van der Waals surface area contributed by atoms with Gasteiger partial charge in [-0.2, -0.15) is 0 Å². The predicted molar refractivity (Wildman–Crippen MR) is 192 cm³/mol. The number of anilines is 1. The number of sulfonamides is 1. The normalized spacial score (nSPS) is 14.2. The van der Waals surface area contributed by atoms with E-state index in [1.54, 1.807) is 41.3 Å². The summed E-state index contributed by atoms with van der Waals surface area (Å²) < 4.78 is 30.0. The van der Waals surface area contributed by atoms with Crippen LogP contribution in [0.2, 0.25) is 0 Å². The van der Waals surface area contributed by atoms with Gasteiger partial charge in [-0.3, -0.25) is 13.9 Å². The Balaban J connectivity index is 1.58. The third-order valence-corrected chi connectivity index (χ3v) is 11.0. The smallest absolute Gasteiger partial charge is 0.264 e. The lowest BCUT2D eigenvalue weighted by Crippen LogP contribution is -2.55. The van der Waals surface area contributed by atoms with Crippen molar-refractivity contribution in [3.05, 3.63) is 131 Å². The molecule has 0 aliphatic heterocycles. The lowest BCUT2D eigenvalue weighted by molar-refractivity contribution is -0.140. The zero-order chi connectivity index (χ0) is 34.1. The highest BCUT2D eigenvalue weighted by atomic mass is 32.2. The lowest BCUT2D eigenvalue weighted by atomic mass is 9.94. The third kappa shape index (κ3) is 8.72. The maximum Gasteiger partial charge on any atom is 0.264 e. The van der Waals surface area contributed by atoms with Crippen molar-refractivity contribution in [1.82, 2.24) is 10.2 Å². The molecule has 1 N–H and O–H groups in total. The molecule has 5 rings (SSSR count). The van der Waals surface area contributed by atoms with E-state index >= 15 is 0 Å². The van der Waals surface area contributed by atoms with E-state index in [9.17, 15) is 18.0 Å². The molecule has 2 amide bonds. The van der Waals surface area contributed by atoms with Crippen molar-refractivity contribution < 1.29 is 18.0 Å². The number of carbonyl (C=O) groups excluding carboxylic acids is 2. The molecule has 7 nitrogen and oxygen atoms in total. The highest BCUT2D eigenvalue weighted by Crippen LogP contribution is 2.29. The summed E-state index contributed by atoms with van der Waals surface area (Å²) in [5.74, 6) is -0.662. The van der Waals surface area contributed by atoms with Crippen LogP contribution in [0.5, 0.6) is 0 Å². The number of hydrogen-bond acceptors (Lipinski definition) is 4. The van der Waals surface area contributed by atoms with Crippen molar-refractivity contribution in [3.63, 3.8) is 0 Å². The largest absolute Gasteiger partial charge is 0.352 e. The fraction of sp³-hybridized carbons (Fsp3) is 0.350. The minimum atomic E-state index is -4.15. The number of aryl methyl sites for hydroxylation is 3. The van der Waals surface area contributed by atoms with Crippen LogP contribution in [-0.4, -0.2) is 43.8 Å². The molecule has 1 saturated carbocycles. The molecule has 0 unspecified atom stereocenters. The molecule has 4 aromatic rings. The maximum atomic E-state index is 14.8. The summed E-state index contributed by atoms with van der Waals surface area (Å²) in [5, 5.41) is 3.27. The van der Waals surface area contributed by atoms with Crippen molar-refractivity contribution >= 4 is 27.5 Å². The number of nitrogens with one attached hydrogen (secondary N) is 1. The number of para-hydroxylation sites is 1. The standard InChI is InChI=1S/C40H47N3O4S/c1-4-34-15-11-12-18-37(34)43(48(46,47)36-25-21-31(3)22-26-36)29-39(44)42(28-33-23-19-30(2)20-24-33)38(27-32-13-7-5-8-14-32)40(45)41-35-16-9-6-10-17-35/h5,7-8,11-15,18-26,35,38H,4,6,9-10,16-17,27-29H2,1-3H3,(H,41,45)/t38-/m1/s1. The molecule has 0 radical (unpaired) electrons. The summed E-state index contributed by atoms with van der Waals surface area (Å²) in [6.07, 6.45) is 5.97. The molecule has 0 spiro atoms. The van der Waals surface area contributed by atoms with Crippen molar-refractivity contribution in [1.29, 1.82) is 0 Å². The molecule has 252 valence electrons. The second-order valence-corrected chi connectivity index (χ2v) is 14.7. The first-order valence-electron chi connectivity index (χ1n) is 17.0. The fourth-order valence-electron chi connectivity index (χ4n) is 6.39. The van der Waals surface area contributed by atoms with Gasteiger partial charge in [-0.05, 0) is 68.0 Å². The van der Waals surface area contributed by atoms with Crippen LogP contribution >= 0.6 is 0 Å². The van der Waals surface area contributed by atoms with Gasteiger partial charge < -0.3 is 10.2 Å². The molecular weight excluding hydrogens is 619 g/mol. The summed E-state index contributed by atoms with van der Waals surface area (Å²) >= 11 is 0. The first-order chi connectivity index (χ1) is 23.2. The van der Waals surface area contributed by atoms with Gasteiger partial charge in [0.05, 0.1) is 10.6 Å². The number of amides is 2. The Morgan fingerprint density at radius 1 is 0.771 bits per heavy atom. The Hall–Kier alpha value is -4.43. The summed E-state index contributed by atoms with van der Waals surface area (Å²) in [6, 6.07) is 30.8. The van der Waals surface area contributed by atoms with Crippen LogP contribution < -0.4 is 9.62 Å². The minimum absolute atomic E-state index is 0.0516. The minimum Gasteiger partial charge on any atom is -0.352 e. The summed E-state index contributed by atoms with van der Waals surface area (Å²) in [6.45, 7) is 5.57. The first kappa shape index (κ1) is 34.9. The van der Waals surface area contributed by atoms with Crippen molar-refractivity contribution in [2.24, 2.45) is 0 Å². The number of carbonyl (C=O) groups is 2. The van der Waals surface area contributed by atoms with E-state index in [0.717, 1.165) is 59.9 Å². The second-order valence-electron chi connectivity index (χ2n) is 12.9. The van der Waals surface area contributed by atoms with Crippen LogP contribution in [0.1, 0.15) is 66.8 Å². The zero-order valence-corrected chi connectivity index (χ0v) is 29.1. The lowest BCUT2D eigenvalue weighted by Gasteiger charge is -2.35. The average Bonchev–Trinajstić information content (AvgIpc) is 3.10. The second kappa shape index (κ2) is 16.1. The van der Waals surface area contributed by atoms with Crippen LogP contribution in [0.25, 0.3) is 0 Å². The molecule has 0 aromatic heterocycles. The highest BCUT2D eigenvalue weighted by molar-refractivity contribution is 7.92. The van der Waals surface area contributed by atoms with E-state index in [2.05, 4.69) is 5.32 Å². The van der Waals surface area contributed by atoms with Gasteiger partial charge in [0.15, 0.2) is 0 Å². The van der Waals surface area contributed by atoms with Crippen LogP contribution in [0.15, 0.2) is 108 Å². The molecule has 48 heavy (non-hydrogen) atoms. The van der Waals surface area contributed by atoms with Gasteiger partial charge in [-0.15, -0.1) is 0 Å². The van der Waals surface area contributed by atoms with Crippen molar-refractivity contribution in [2.45, 2.75) is 89.2 Å². The van der Waals surface area contributed by atoms with Gasteiger partial charge in [0.1, 0.15) is 12.6 Å². The van der Waals surface area contributed by atoms with Crippen LogP contribution in [0, 0.1) is 13.8 Å². The van der Waals surface area contributed by atoms with Gasteiger partial charge in [0.2, 0.25) is 11.8 Å². The molecule has 1 fully saturated rings. The molecule has 1 atom stereocenters. The summed E-state index contributed by atoms with van der Waals surface area (Å²) in [4.78, 5) is 30.8. The molecule has 4 aromatic carbocycles. The van der Waals surface area contributed by atoms with E-state index in [1.807, 2.05) is 87.5 Å². The SMILES string of the molecule is CCc1ccccc1N(CC(=O)N(Cc1ccc(C)cc1)[C@H](Cc1ccccc1)C(=O)NC1CCCCC1)S(=O)(=O)c1ccc(C)cc1. The summed E-state index contributed by atoms with van der Waals surface area (Å²) in [7, 11) is -4.15. The Morgan fingerprint density at radius 3 is 2.02 bits per heavy atom. The van der Waals surface area contributed by atoms with E-state index in [0.29, 0.717) is 18.5 Å². The van der Waals surface area contributed by atoms with E-state index < -0.39 is 28.5 Å².